The van der Waals surface area contributed by atoms with E-state index in [1.165, 1.54) is 12.1 Å². The van der Waals surface area contributed by atoms with E-state index in [9.17, 15) is 23.3 Å². The van der Waals surface area contributed by atoms with Crippen LogP contribution < -0.4 is 16.0 Å². The van der Waals surface area contributed by atoms with Crippen molar-refractivity contribution in [2.75, 3.05) is 31.5 Å². The summed E-state index contributed by atoms with van der Waals surface area (Å²) in [7, 11) is 0. The molecule has 0 saturated heterocycles. The number of halogens is 4. The van der Waals surface area contributed by atoms with Gasteiger partial charge in [-0.3, -0.25) is 15.1 Å². The minimum Gasteiger partial charge on any atom is -0.383 e. The molecule has 13 heteroatoms. The fourth-order valence-electron chi connectivity index (χ4n) is 2.25. The molecule has 166 valence electrons. The molecule has 1 aromatic carbocycles. The molecule has 1 aromatic heterocycles. The molecule has 0 atom stereocenters. The second-order valence-electron chi connectivity index (χ2n) is 5.79. The maximum Gasteiger partial charge on any atom is 0.434 e. The first-order valence-corrected chi connectivity index (χ1v) is 9.69. The van der Waals surface area contributed by atoms with Crippen molar-refractivity contribution >= 4 is 52.6 Å². The van der Waals surface area contributed by atoms with Crippen LogP contribution in [-0.2, 0) is 12.6 Å². The van der Waals surface area contributed by atoms with Crippen LogP contribution in [0, 0.1) is 10.1 Å². The van der Waals surface area contributed by atoms with Gasteiger partial charge in [0.25, 0.3) is 5.69 Å². The normalized spacial score (nSPS) is 11.5. The number of benzene rings is 1. The molecule has 0 aliphatic heterocycles. The van der Waals surface area contributed by atoms with E-state index in [2.05, 4.69) is 25.9 Å². The number of hydrogen-bond donors (Lipinski definition) is 3. The van der Waals surface area contributed by atoms with Gasteiger partial charge in [0.15, 0.2) is 11.7 Å². The first kappa shape index (κ1) is 25.9. The summed E-state index contributed by atoms with van der Waals surface area (Å²) in [5, 5.41) is 21.3. The second kappa shape index (κ2) is 12.5. The van der Waals surface area contributed by atoms with E-state index in [4.69, 9.17) is 0 Å². The maximum atomic E-state index is 12.6. The zero-order valence-corrected chi connectivity index (χ0v) is 19.2. The quantitative estimate of drug-likeness (QED) is 0.108. The molecule has 0 spiro atoms. The van der Waals surface area contributed by atoms with Crippen LogP contribution in [0.25, 0.3) is 0 Å². The fraction of sp³-hybridized carbons (Fsp3) is 0.412. The minimum atomic E-state index is -4.43. The molecule has 1 heterocycles. The van der Waals surface area contributed by atoms with Crippen LogP contribution in [0.1, 0.15) is 17.6 Å². The van der Waals surface area contributed by atoms with Crippen LogP contribution in [0.3, 0.4) is 0 Å². The maximum absolute atomic E-state index is 12.6. The van der Waals surface area contributed by atoms with E-state index in [0.29, 0.717) is 43.6 Å². The SMILES string of the molecule is CCNC(=NCCc1nc(C(F)(F)F)cs1)NCCNc1ccc([N+](=O)[O-])cc1.I. The molecule has 30 heavy (non-hydrogen) atoms. The lowest BCUT2D eigenvalue weighted by atomic mass is 10.3. The molecular weight excluding hydrogens is 536 g/mol. The van der Waals surface area contributed by atoms with Crippen LogP contribution in [0.5, 0.6) is 0 Å². The Hall–Kier alpha value is -2.16. The Labute approximate surface area is 192 Å². The Morgan fingerprint density at radius 1 is 1.23 bits per heavy atom. The molecule has 3 N–H and O–H groups in total. The van der Waals surface area contributed by atoms with Gasteiger partial charge in [0.2, 0.25) is 0 Å². The van der Waals surface area contributed by atoms with Gasteiger partial charge >= 0.3 is 6.18 Å². The van der Waals surface area contributed by atoms with Gasteiger partial charge in [0.05, 0.1) is 9.93 Å². The summed E-state index contributed by atoms with van der Waals surface area (Å²) in [5.41, 5.74) is -0.0924. The smallest absolute Gasteiger partial charge is 0.383 e. The molecule has 0 aliphatic rings. The van der Waals surface area contributed by atoms with Gasteiger partial charge in [-0.25, -0.2) is 4.98 Å². The van der Waals surface area contributed by atoms with Crippen LogP contribution in [0.15, 0.2) is 34.6 Å². The lowest BCUT2D eigenvalue weighted by Gasteiger charge is -2.12. The van der Waals surface area contributed by atoms with Crippen molar-refractivity contribution in [3.05, 3.63) is 50.5 Å². The predicted molar refractivity (Wildman–Crippen MR) is 122 cm³/mol. The Kier molecular flexibility index (Phi) is 10.8. The molecule has 0 saturated carbocycles. The highest BCUT2D eigenvalue weighted by molar-refractivity contribution is 14.0. The van der Waals surface area contributed by atoms with Crippen LogP contribution >= 0.6 is 35.3 Å². The average Bonchev–Trinajstić information content (AvgIpc) is 3.15. The molecule has 8 nitrogen and oxygen atoms in total. The number of non-ortho nitro benzene ring substituents is 1. The number of aromatic nitrogens is 1. The zero-order chi connectivity index (χ0) is 21.3. The summed E-state index contributed by atoms with van der Waals surface area (Å²) in [6, 6.07) is 6.09. The Morgan fingerprint density at radius 3 is 2.50 bits per heavy atom. The highest BCUT2D eigenvalue weighted by Crippen LogP contribution is 2.30. The van der Waals surface area contributed by atoms with Gasteiger partial charge in [-0.15, -0.1) is 35.3 Å². The van der Waals surface area contributed by atoms with E-state index in [1.54, 1.807) is 12.1 Å². The number of anilines is 1. The van der Waals surface area contributed by atoms with Crippen molar-refractivity contribution in [1.82, 2.24) is 15.6 Å². The predicted octanol–water partition coefficient (Wildman–Crippen LogP) is 3.90. The van der Waals surface area contributed by atoms with Crippen molar-refractivity contribution in [1.29, 1.82) is 0 Å². The summed E-state index contributed by atoms with van der Waals surface area (Å²) in [6.07, 6.45) is -4.11. The van der Waals surface area contributed by atoms with Crippen molar-refractivity contribution < 1.29 is 18.1 Å². The van der Waals surface area contributed by atoms with Gasteiger partial charge in [0.1, 0.15) is 0 Å². The van der Waals surface area contributed by atoms with E-state index < -0.39 is 16.8 Å². The van der Waals surface area contributed by atoms with Gasteiger partial charge < -0.3 is 16.0 Å². The zero-order valence-electron chi connectivity index (χ0n) is 16.0. The van der Waals surface area contributed by atoms with E-state index in [1.807, 2.05) is 6.92 Å². The standard InChI is InChI=1S/C17H21F3N6O2S.HI/c1-2-21-16(23-8-7-15-25-14(11-29-15)17(18,19)20)24-10-9-22-12-3-5-13(6-4-12)26(27)28;/h3-6,11,22H,2,7-10H2,1H3,(H2,21,23,24);1H. The average molecular weight is 558 g/mol. The molecule has 0 fully saturated rings. The third-order valence-electron chi connectivity index (χ3n) is 3.61. The largest absolute Gasteiger partial charge is 0.434 e. The first-order chi connectivity index (χ1) is 13.8. The van der Waals surface area contributed by atoms with E-state index >= 15 is 0 Å². The van der Waals surface area contributed by atoms with E-state index in [0.717, 1.165) is 22.4 Å². The van der Waals surface area contributed by atoms with Crippen molar-refractivity contribution in [3.8, 4) is 0 Å². The molecule has 2 rings (SSSR count). The highest BCUT2D eigenvalue weighted by atomic mass is 127. The Balaban J connectivity index is 0.00000450. The highest BCUT2D eigenvalue weighted by Gasteiger charge is 2.33. The number of alkyl halides is 3. The number of rotatable bonds is 9. The third-order valence-corrected chi connectivity index (χ3v) is 4.52. The number of nitro benzene ring substituents is 1. The summed E-state index contributed by atoms with van der Waals surface area (Å²) in [6.45, 7) is 3.91. The fourth-order valence-corrected chi connectivity index (χ4v) is 3.04. The molecule has 0 unspecified atom stereocenters. The van der Waals surface area contributed by atoms with Crippen molar-refractivity contribution in [2.45, 2.75) is 19.5 Å². The van der Waals surface area contributed by atoms with Crippen LogP contribution in [0.4, 0.5) is 24.5 Å². The van der Waals surface area contributed by atoms with E-state index in [-0.39, 0.29) is 29.7 Å². The lowest BCUT2D eigenvalue weighted by Crippen LogP contribution is -2.39. The monoisotopic (exact) mass is 558 g/mol. The molecule has 0 bridgehead atoms. The number of thiazole rings is 1. The molecule has 0 aliphatic carbocycles. The van der Waals surface area contributed by atoms with Gasteiger partial charge in [-0.2, -0.15) is 13.2 Å². The number of nitro groups is 1. The first-order valence-electron chi connectivity index (χ1n) is 8.81. The number of nitrogens with one attached hydrogen (secondary N) is 3. The Morgan fingerprint density at radius 2 is 1.93 bits per heavy atom. The molecule has 0 radical (unpaired) electrons. The lowest BCUT2D eigenvalue weighted by molar-refractivity contribution is -0.384. The van der Waals surface area contributed by atoms with Crippen LogP contribution in [0.2, 0.25) is 0 Å². The summed E-state index contributed by atoms with van der Waals surface area (Å²) in [4.78, 5) is 18.1. The topological polar surface area (TPSA) is 104 Å². The van der Waals surface area contributed by atoms with Crippen LogP contribution in [-0.4, -0.2) is 42.0 Å². The Bertz CT molecular complexity index is 830. The van der Waals surface area contributed by atoms with Gasteiger partial charge in [-0.05, 0) is 19.1 Å². The van der Waals surface area contributed by atoms with Gasteiger partial charge in [-0.1, -0.05) is 0 Å². The second-order valence-corrected chi connectivity index (χ2v) is 6.74. The third kappa shape index (κ3) is 8.69. The van der Waals surface area contributed by atoms with Gasteiger partial charge in [0, 0.05) is 55.8 Å². The number of nitrogens with zero attached hydrogens (tertiary/aromatic N) is 3. The molecular formula is C17H22F3IN6O2S. The van der Waals surface area contributed by atoms with Crippen molar-refractivity contribution in [3.63, 3.8) is 0 Å². The number of aliphatic imine (C=N–C) groups is 1. The minimum absolute atomic E-state index is 0. The summed E-state index contributed by atoms with van der Waals surface area (Å²) < 4.78 is 37.7. The number of hydrogen-bond acceptors (Lipinski definition) is 6. The number of guanidine groups is 1. The molecule has 0 amide bonds. The molecule has 2 aromatic rings. The summed E-state index contributed by atoms with van der Waals surface area (Å²) >= 11 is 0.970. The summed E-state index contributed by atoms with van der Waals surface area (Å²) in [5.74, 6) is 0.547. The van der Waals surface area contributed by atoms with Crippen molar-refractivity contribution in [2.24, 2.45) is 4.99 Å².